The van der Waals surface area contributed by atoms with Crippen LogP contribution in [0.3, 0.4) is 0 Å². The number of rotatable bonds is 4. The second-order valence-electron chi connectivity index (χ2n) is 20.4. The molecule has 0 spiro atoms. The second-order valence-corrected chi connectivity index (χ2v) is 20.4. The third kappa shape index (κ3) is 7.72. The minimum Gasteiger partial charge on any atom is -0.496 e. The van der Waals surface area contributed by atoms with E-state index in [-0.39, 0.29) is 0 Å². The first-order chi connectivity index (χ1) is 36.4. The number of ether oxygens (including phenoxy) is 12. The lowest BCUT2D eigenvalue weighted by Gasteiger charge is -2.42. The summed E-state index contributed by atoms with van der Waals surface area (Å²) in [7, 11) is 6.86. The number of hydrogen-bond acceptors (Lipinski definition) is 15. The van der Waals surface area contributed by atoms with Gasteiger partial charge in [0.15, 0.2) is 57.5 Å². The van der Waals surface area contributed by atoms with Gasteiger partial charge in [-0.3, -0.25) is 14.7 Å². The lowest BCUT2D eigenvalue weighted by molar-refractivity contribution is 0.156. The minimum atomic E-state index is 0.320. The second kappa shape index (κ2) is 18.3. The molecule has 0 saturated heterocycles. The van der Waals surface area contributed by atoms with Gasteiger partial charge in [-0.05, 0) is 167 Å². The average molecular weight is 1000 g/mol. The summed E-state index contributed by atoms with van der Waals surface area (Å²) < 4.78 is 66.7. The lowest BCUT2D eigenvalue weighted by atomic mass is 9.83. The van der Waals surface area contributed by atoms with E-state index in [0.29, 0.717) is 45.3 Å². The standard InChI is InChI=1S/2C20H21NO4.C19H17NO4/c1-22-17-6-12-3-4-21-10-14-8-20-19(24-11-25-20)7-13(14)5-16(21)15(12)9-18(17)23-2;1-22-17-3-4-18(23-2)15-10-21-6-5-12-7-19-20(25-11-24-19)9-13(12)16(21)8-14(15)17;1-2-20-8-13-6-18-17(22-9-23-18)5-12(13)3-15(20)14-7-19-16(4-11(1)14)21-10-24-19/h6-9,16H,3-5,10-11H2,1-2H3;3-4,7,9,16H,5-6,8,10-11H2,1-2H3;4-7,15H,1-3,8-10H2/t2*16-;15-/m000/s1. The molecule has 6 aromatic rings. The van der Waals surface area contributed by atoms with E-state index in [1.807, 2.05) is 12.1 Å². The summed E-state index contributed by atoms with van der Waals surface area (Å²) in [5.41, 5.74) is 16.2. The lowest BCUT2D eigenvalue weighted by Crippen LogP contribution is -2.39. The first kappa shape index (κ1) is 45.4. The highest BCUT2D eigenvalue weighted by Gasteiger charge is 2.39. The van der Waals surface area contributed by atoms with Gasteiger partial charge in [-0.15, -0.1) is 0 Å². The van der Waals surface area contributed by atoms with Crippen LogP contribution in [0.4, 0.5) is 0 Å². The largest absolute Gasteiger partial charge is 0.496 e. The van der Waals surface area contributed by atoms with E-state index in [1.54, 1.807) is 28.4 Å². The van der Waals surface area contributed by atoms with Crippen molar-refractivity contribution in [2.45, 2.75) is 76.3 Å². The Bertz CT molecular complexity index is 3230. The fraction of sp³-hybridized carbons (Fsp3) is 0.390. The van der Waals surface area contributed by atoms with Crippen molar-refractivity contribution in [1.29, 1.82) is 0 Å². The van der Waals surface area contributed by atoms with E-state index in [0.717, 1.165) is 147 Å². The van der Waals surface area contributed by atoms with Crippen molar-refractivity contribution >= 4 is 0 Å². The average Bonchev–Trinajstić information content (AvgIpc) is 4.31. The Balaban J connectivity index is 0.000000102. The predicted octanol–water partition coefficient (Wildman–Crippen LogP) is 8.98. The maximum Gasteiger partial charge on any atom is 0.231 e. The first-order valence-corrected chi connectivity index (χ1v) is 25.8. The SMILES string of the molecule is COc1cc2c(cc1OC)[C@@H]1Cc3cc4c(cc3CN1CC2)OCO4.COc1ccc(OC)c2c1C[C@H]1c3cc4c(cc3CCN1C2)OCO4.c1c2c(cc3c1OCO3)CN1CCc3cc4c(cc3[C@@H]1C2)OCO4. The fourth-order valence-corrected chi connectivity index (χ4v) is 13.1. The first-order valence-electron chi connectivity index (χ1n) is 25.8. The molecule has 74 heavy (non-hydrogen) atoms. The van der Waals surface area contributed by atoms with Crippen molar-refractivity contribution in [1.82, 2.24) is 14.7 Å². The van der Waals surface area contributed by atoms with Crippen LogP contribution in [0.1, 0.15) is 84.9 Å². The summed E-state index contributed by atoms with van der Waals surface area (Å²) in [5.74, 6) is 10.5. The Morgan fingerprint density at radius 3 is 1.12 bits per heavy atom. The van der Waals surface area contributed by atoms with Gasteiger partial charge < -0.3 is 56.8 Å². The van der Waals surface area contributed by atoms with Gasteiger partial charge in [-0.2, -0.15) is 0 Å². The van der Waals surface area contributed by atoms with Crippen molar-refractivity contribution in [3.63, 3.8) is 0 Å². The van der Waals surface area contributed by atoms with Crippen LogP contribution in [0.5, 0.6) is 69.0 Å². The van der Waals surface area contributed by atoms with Crippen LogP contribution in [0.15, 0.2) is 72.8 Å². The highest BCUT2D eigenvalue weighted by atomic mass is 16.7. The number of methoxy groups -OCH3 is 4. The molecule has 10 heterocycles. The van der Waals surface area contributed by atoms with Crippen LogP contribution in [0.2, 0.25) is 0 Å². The molecule has 15 nitrogen and oxygen atoms in total. The number of benzene rings is 6. The molecule has 0 N–H and O–H groups in total. The van der Waals surface area contributed by atoms with E-state index < -0.39 is 0 Å². The Labute approximate surface area is 430 Å². The molecule has 0 aromatic heterocycles. The van der Waals surface area contributed by atoms with Gasteiger partial charge in [0.25, 0.3) is 0 Å². The van der Waals surface area contributed by atoms with Gasteiger partial charge in [0.2, 0.25) is 27.2 Å². The Morgan fingerprint density at radius 1 is 0.338 bits per heavy atom. The molecular weight excluding hydrogens is 943 g/mol. The maximum atomic E-state index is 5.64. The van der Waals surface area contributed by atoms with Crippen molar-refractivity contribution in [2.75, 3.05) is 75.2 Å². The molecule has 382 valence electrons. The molecule has 0 amide bonds. The molecule has 0 radical (unpaired) electrons. The third-order valence-electron chi connectivity index (χ3n) is 16.8. The summed E-state index contributed by atoms with van der Waals surface area (Å²) in [6, 6.07) is 26.7. The Kier molecular flexibility index (Phi) is 11.2. The van der Waals surface area contributed by atoms with E-state index in [2.05, 4.69) is 75.4 Å². The van der Waals surface area contributed by atoms with Crippen molar-refractivity contribution in [3.05, 3.63) is 140 Å². The topological polar surface area (TPSA) is 120 Å². The molecule has 0 unspecified atom stereocenters. The number of fused-ring (bicyclic) bond motifs is 16. The van der Waals surface area contributed by atoms with Gasteiger partial charge in [-0.25, -0.2) is 0 Å². The smallest absolute Gasteiger partial charge is 0.231 e. The molecule has 0 bridgehead atoms. The monoisotopic (exact) mass is 1000 g/mol. The summed E-state index contributed by atoms with van der Waals surface area (Å²) >= 11 is 0. The van der Waals surface area contributed by atoms with Crippen LogP contribution < -0.4 is 56.8 Å². The molecule has 0 fully saturated rings. The number of hydrogen-bond donors (Lipinski definition) is 0. The maximum absolute atomic E-state index is 5.64. The molecule has 0 saturated carbocycles. The van der Waals surface area contributed by atoms with Crippen LogP contribution in [-0.2, 0) is 58.2 Å². The van der Waals surface area contributed by atoms with Gasteiger partial charge in [0.05, 0.1) is 28.4 Å². The molecule has 6 aromatic carbocycles. The molecule has 16 rings (SSSR count). The molecule has 3 atom stereocenters. The Morgan fingerprint density at radius 2 is 0.676 bits per heavy atom. The summed E-state index contributed by atoms with van der Waals surface area (Å²) in [6.45, 7) is 7.27. The van der Waals surface area contributed by atoms with Gasteiger partial charge in [-0.1, -0.05) is 0 Å². The van der Waals surface area contributed by atoms with Gasteiger partial charge in [0.1, 0.15) is 11.5 Å². The number of nitrogens with zero attached hydrogens (tertiary/aromatic N) is 3. The third-order valence-corrected chi connectivity index (χ3v) is 16.8. The Hall–Kier alpha value is -7.20. The summed E-state index contributed by atoms with van der Waals surface area (Å²) in [4.78, 5) is 7.66. The summed E-state index contributed by atoms with van der Waals surface area (Å²) in [5, 5.41) is 0. The van der Waals surface area contributed by atoms with Crippen molar-refractivity contribution in [3.8, 4) is 69.0 Å². The highest BCUT2D eigenvalue weighted by molar-refractivity contribution is 5.57. The van der Waals surface area contributed by atoms with E-state index in [1.165, 1.54) is 66.8 Å². The van der Waals surface area contributed by atoms with E-state index in [9.17, 15) is 0 Å². The van der Waals surface area contributed by atoms with Crippen LogP contribution >= 0.6 is 0 Å². The zero-order valence-corrected chi connectivity index (χ0v) is 42.2. The van der Waals surface area contributed by atoms with Crippen LogP contribution in [0, 0.1) is 0 Å². The minimum absolute atomic E-state index is 0.320. The van der Waals surface area contributed by atoms with Crippen molar-refractivity contribution < 1.29 is 56.8 Å². The van der Waals surface area contributed by atoms with Crippen molar-refractivity contribution in [2.24, 2.45) is 0 Å². The van der Waals surface area contributed by atoms with Gasteiger partial charge in [0, 0.05) is 68.5 Å². The van der Waals surface area contributed by atoms with Gasteiger partial charge >= 0.3 is 0 Å². The van der Waals surface area contributed by atoms with Crippen LogP contribution in [-0.4, -0.2) is 89.9 Å². The molecule has 10 aliphatic heterocycles. The fourth-order valence-electron chi connectivity index (χ4n) is 13.1. The molecule has 10 aliphatic rings. The van der Waals surface area contributed by atoms with Crippen LogP contribution in [0.25, 0.3) is 0 Å². The molecule has 0 aliphatic carbocycles. The highest BCUT2D eigenvalue weighted by Crippen LogP contribution is 2.50. The van der Waals surface area contributed by atoms with E-state index >= 15 is 0 Å². The zero-order chi connectivity index (χ0) is 49.6. The van der Waals surface area contributed by atoms with E-state index in [4.69, 9.17) is 56.8 Å². The molecule has 15 heteroatoms. The summed E-state index contributed by atoms with van der Waals surface area (Å²) in [6.07, 6.45) is 6.02. The normalized spacial score (nSPS) is 21.2. The zero-order valence-electron chi connectivity index (χ0n) is 42.2. The molecular formula is C59H59N3O12. The predicted molar refractivity (Wildman–Crippen MR) is 271 cm³/mol. The quantitative estimate of drug-likeness (QED) is 0.167.